The largest absolute Gasteiger partial charge is 0.329 e. The molecular weight excluding hydrogens is 154 g/mol. The Morgan fingerprint density at radius 3 is 3.08 bits per heavy atom. The van der Waals surface area contributed by atoms with E-state index in [1.807, 2.05) is 0 Å². The summed E-state index contributed by atoms with van der Waals surface area (Å²) in [5.41, 5.74) is 0.438. The van der Waals surface area contributed by atoms with E-state index in [4.69, 9.17) is 0 Å². The molecule has 60 valence electrons. The second-order valence-electron chi connectivity index (χ2n) is 2.11. The van der Waals surface area contributed by atoms with Crippen LogP contribution >= 0.6 is 0 Å². The van der Waals surface area contributed by atoms with Crippen LogP contribution in [0.5, 0.6) is 0 Å². The Morgan fingerprint density at radius 2 is 2.42 bits per heavy atom. The fourth-order valence-corrected chi connectivity index (χ4v) is 0.717. The molecule has 0 amide bonds. The zero-order valence-electron chi connectivity index (χ0n) is 6.33. The highest BCUT2D eigenvalue weighted by molar-refractivity contribution is 5.54. The highest BCUT2D eigenvalue weighted by Crippen LogP contribution is 1.88. The first-order valence-corrected chi connectivity index (χ1v) is 3.44. The summed E-state index contributed by atoms with van der Waals surface area (Å²) in [4.78, 5) is 23.1. The average Bonchev–Trinajstić information content (AvgIpc) is 2.05. The maximum Gasteiger partial charge on any atom is 0.249 e. The summed E-state index contributed by atoms with van der Waals surface area (Å²) in [6, 6.07) is 3.07. The number of rotatable bonds is 1. The van der Waals surface area contributed by atoms with Crippen molar-refractivity contribution in [1.82, 2.24) is 4.98 Å². The summed E-state index contributed by atoms with van der Waals surface area (Å²) in [6.45, 7) is 0. The molecule has 1 aromatic rings. The lowest BCUT2D eigenvalue weighted by atomic mass is 10.2. The number of hydrogen-bond acceptors (Lipinski definition) is 2. The molecule has 1 rings (SSSR count). The van der Waals surface area contributed by atoms with Gasteiger partial charge in [-0.15, -0.1) is 0 Å². The molecule has 3 nitrogen and oxygen atoms in total. The summed E-state index contributed by atoms with van der Waals surface area (Å²) in [5, 5.41) is 0. The Labute approximate surface area is 69.4 Å². The third kappa shape index (κ3) is 2.43. The van der Waals surface area contributed by atoms with Crippen LogP contribution in [0.4, 0.5) is 0 Å². The van der Waals surface area contributed by atoms with Crippen LogP contribution < -0.4 is 5.56 Å². The number of carbonyl (C=O) groups is 1. The van der Waals surface area contributed by atoms with Gasteiger partial charge in [0.05, 0.1) is 6.42 Å². The third-order valence-corrected chi connectivity index (χ3v) is 1.19. The molecule has 0 saturated carbocycles. The minimum atomic E-state index is -0.187. The molecule has 12 heavy (non-hydrogen) atoms. The first kappa shape index (κ1) is 8.28. The topological polar surface area (TPSA) is 49.9 Å². The van der Waals surface area contributed by atoms with Gasteiger partial charge in [0.15, 0.2) is 0 Å². The van der Waals surface area contributed by atoms with E-state index in [1.54, 1.807) is 6.07 Å². The molecule has 0 atom stereocenters. The third-order valence-electron chi connectivity index (χ3n) is 1.19. The van der Waals surface area contributed by atoms with Gasteiger partial charge in [-0.25, -0.2) is 0 Å². The Bertz CT molecular complexity index is 381. The van der Waals surface area contributed by atoms with Gasteiger partial charge < -0.3 is 9.78 Å². The van der Waals surface area contributed by atoms with Crippen molar-refractivity contribution in [3.8, 4) is 11.8 Å². The molecule has 3 heteroatoms. The van der Waals surface area contributed by atoms with E-state index in [9.17, 15) is 9.59 Å². The van der Waals surface area contributed by atoms with Crippen LogP contribution in [0.1, 0.15) is 12.0 Å². The number of hydrogen-bond donors (Lipinski definition) is 1. The lowest BCUT2D eigenvalue weighted by molar-refractivity contribution is -0.107. The van der Waals surface area contributed by atoms with Gasteiger partial charge in [0.25, 0.3) is 0 Å². The number of nitrogens with one attached hydrogen (secondary N) is 1. The number of aldehydes is 1. The zero-order chi connectivity index (χ0) is 8.81. The van der Waals surface area contributed by atoms with Crippen LogP contribution in [0, 0.1) is 11.8 Å². The van der Waals surface area contributed by atoms with Crippen molar-refractivity contribution in [2.24, 2.45) is 0 Å². The molecular formula is C9H7NO2. The van der Waals surface area contributed by atoms with Gasteiger partial charge in [0.2, 0.25) is 5.56 Å². The molecule has 0 aliphatic rings. The Hall–Kier alpha value is -1.82. The van der Waals surface area contributed by atoms with Gasteiger partial charge in [0.1, 0.15) is 6.29 Å². The number of aromatic nitrogens is 1. The fourth-order valence-electron chi connectivity index (χ4n) is 0.717. The van der Waals surface area contributed by atoms with Gasteiger partial charge in [-0.05, 0) is 6.07 Å². The van der Waals surface area contributed by atoms with E-state index < -0.39 is 0 Å². The molecule has 0 bridgehead atoms. The molecule has 1 heterocycles. The zero-order valence-corrected chi connectivity index (χ0v) is 6.33. The van der Waals surface area contributed by atoms with Crippen molar-refractivity contribution in [2.75, 3.05) is 0 Å². The van der Waals surface area contributed by atoms with Crippen LogP contribution in [0.15, 0.2) is 23.1 Å². The lowest BCUT2D eigenvalue weighted by Crippen LogP contribution is -2.02. The van der Waals surface area contributed by atoms with Crippen LogP contribution in [-0.4, -0.2) is 11.3 Å². The molecule has 0 unspecified atom stereocenters. The first-order valence-electron chi connectivity index (χ1n) is 3.44. The van der Waals surface area contributed by atoms with Crippen molar-refractivity contribution in [1.29, 1.82) is 0 Å². The monoisotopic (exact) mass is 161 g/mol. The summed E-state index contributed by atoms with van der Waals surface area (Å²) in [6.07, 6.45) is 2.44. The van der Waals surface area contributed by atoms with Gasteiger partial charge in [-0.2, -0.15) is 0 Å². The van der Waals surface area contributed by atoms with Crippen LogP contribution in [0.3, 0.4) is 0 Å². The molecule has 1 N–H and O–H groups in total. The second kappa shape index (κ2) is 4.14. The van der Waals surface area contributed by atoms with E-state index in [0.29, 0.717) is 5.56 Å². The van der Waals surface area contributed by atoms with E-state index in [2.05, 4.69) is 16.8 Å². The van der Waals surface area contributed by atoms with Gasteiger partial charge in [-0.3, -0.25) is 4.79 Å². The normalized spacial score (nSPS) is 8.33. The quantitative estimate of drug-likeness (QED) is 0.476. The summed E-state index contributed by atoms with van der Waals surface area (Å²) < 4.78 is 0. The minimum Gasteiger partial charge on any atom is -0.329 e. The van der Waals surface area contributed by atoms with Crippen molar-refractivity contribution >= 4 is 6.29 Å². The van der Waals surface area contributed by atoms with Gasteiger partial charge in [0, 0.05) is 17.8 Å². The van der Waals surface area contributed by atoms with E-state index in [1.165, 1.54) is 12.3 Å². The maximum atomic E-state index is 10.7. The molecule has 0 fully saturated rings. The van der Waals surface area contributed by atoms with Crippen LogP contribution in [0.2, 0.25) is 0 Å². The SMILES string of the molecule is O=CCC#Cc1cc[nH]c(=O)c1. The lowest BCUT2D eigenvalue weighted by Gasteiger charge is -1.84. The van der Waals surface area contributed by atoms with E-state index in [-0.39, 0.29) is 12.0 Å². The smallest absolute Gasteiger partial charge is 0.249 e. The van der Waals surface area contributed by atoms with Crippen molar-refractivity contribution in [2.45, 2.75) is 6.42 Å². The van der Waals surface area contributed by atoms with Gasteiger partial charge in [-0.1, -0.05) is 11.8 Å². The number of pyridine rings is 1. The summed E-state index contributed by atoms with van der Waals surface area (Å²) >= 11 is 0. The molecule has 1 aromatic heterocycles. The van der Waals surface area contributed by atoms with Crippen LogP contribution in [-0.2, 0) is 4.79 Å². The highest BCUT2D eigenvalue weighted by Gasteiger charge is 1.85. The molecule has 0 saturated heterocycles. The molecule has 0 spiro atoms. The van der Waals surface area contributed by atoms with Crippen molar-refractivity contribution in [3.63, 3.8) is 0 Å². The Morgan fingerprint density at radius 1 is 1.58 bits per heavy atom. The predicted molar refractivity (Wildman–Crippen MR) is 44.6 cm³/mol. The van der Waals surface area contributed by atoms with Crippen molar-refractivity contribution < 1.29 is 4.79 Å². The standard InChI is InChI=1S/C9H7NO2/c11-6-2-1-3-8-4-5-10-9(12)7-8/h4-7H,2H2,(H,10,12). The number of carbonyl (C=O) groups excluding carboxylic acids is 1. The van der Waals surface area contributed by atoms with Crippen molar-refractivity contribution in [3.05, 3.63) is 34.2 Å². The molecule has 0 aliphatic heterocycles. The first-order chi connectivity index (χ1) is 5.83. The summed E-state index contributed by atoms with van der Waals surface area (Å²) in [5.74, 6) is 5.29. The maximum absolute atomic E-state index is 10.7. The van der Waals surface area contributed by atoms with Crippen LogP contribution in [0.25, 0.3) is 0 Å². The average molecular weight is 161 g/mol. The highest BCUT2D eigenvalue weighted by atomic mass is 16.1. The Kier molecular flexibility index (Phi) is 2.86. The Balaban J connectivity index is 2.84. The molecule has 0 aromatic carbocycles. The fraction of sp³-hybridized carbons (Fsp3) is 0.111. The summed E-state index contributed by atoms with van der Waals surface area (Å²) in [7, 11) is 0. The predicted octanol–water partition coefficient (Wildman–Crippen LogP) is 0.315. The van der Waals surface area contributed by atoms with E-state index in [0.717, 1.165) is 6.29 Å². The van der Waals surface area contributed by atoms with E-state index >= 15 is 0 Å². The van der Waals surface area contributed by atoms with Gasteiger partial charge >= 0.3 is 0 Å². The minimum absolute atomic E-state index is 0.187. The molecule has 0 aliphatic carbocycles. The number of H-pyrrole nitrogens is 1. The molecule has 0 radical (unpaired) electrons. The number of aromatic amines is 1. The second-order valence-corrected chi connectivity index (χ2v) is 2.11.